The van der Waals surface area contributed by atoms with Crippen molar-refractivity contribution in [1.29, 1.82) is 0 Å². The van der Waals surface area contributed by atoms with E-state index in [9.17, 15) is 9.59 Å². The van der Waals surface area contributed by atoms with Gasteiger partial charge in [0, 0.05) is 17.8 Å². The fourth-order valence-corrected chi connectivity index (χ4v) is 2.45. The highest BCUT2D eigenvalue weighted by molar-refractivity contribution is 5.89. The van der Waals surface area contributed by atoms with E-state index in [-0.39, 0.29) is 11.8 Å². The molecule has 0 aromatic carbocycles. The third-order valence-corrected chi connectivity index (χ3v) is 3.87. The van der Waals surface area contributed by atoms with Gasteiger partial charge in [0.05, 0.1) is 12.2 Å². The van der Waals surface area contributed by atoms with Crippen LogP contribution in [0.2, 0.25) is 0 Å². The molecule has 2 amide bonds. The first-order chi connectivity index (χ1) is 11.7. The van der Waals surface area contributed by atoms with Crippen LogP contribution in [0.15, 0.2) is 30.6 Å². The van der Waals surface area contributed by atoms with Gasteiger partial charge in [-0.3, -0.25) is 9.59 Å². The van der Waals surface area contributed by atoms with E-state index in [4.69, 9.17) is 0 Å². The highest BCUT2D eigenvalue weighted by atomic mass is 16.2. The number of hydrogen-bond acceptors (Lipinski definition) is 3. The topological polar surface area (TPSA) is 75.5 Å². The Morgan fingerprint density at radius 3 is 2.56 bits per heavy atom. The SMILES string of the molecule is CC(C)C[C@H](NC(=O)C(C)(C)C)C(=O)NCc1cn2ccccc2n1. The largest absolute Gasteiger partial charge is 0.349 e. The van der Waals surface area contributed by atoms with Crippen molar-refractivity contribution < 1.29 is 9.59 Å². The highest BCUT2D eigenvalue weighted by Crippen LogP contribution is 2.15. The molecule has 0 saturated carbocycles. The monoisotopic (exact) mass is 344 g/mol. The number of nitrogens with zero attached hydrogens (tertiary/aromatic N) is 2. The smallest absolute Gasteiger partial charge is 0.242 e. The molecule has 0 unspecified atom stereocenters. The van der Waals surface area contributed by atoms with Crippen molar-refractivity contribution in [2.75, 3.05) is 0 Å². The first-order valence-electron chi connectivity index (χ1n) is 8.68. The van der Waals surface area contributed by atoms with E-state index in [0.717, 1.165) is 11.3 Å². The summed E-state index contributed by atoms with van der Waals surface area (Å²) >= 11 is 0. The van der Waals surface area contributed by atoms with Gasteiger partial charge in [0.15, 0.2) is 0 Å². The van der Waals surface area contributed by atoms with Crippen LogP contribution < -0.4 is 10.6 Å². The van der Waals surface area contributed by atoms with E-state index in [1.165, 1.54) is 0 Å². The Hall–Kier alpha value is -2.37. The van der Waals surface area contributed by atoms with Crippen molar-refractivity contribution in [2.45, 2.75) is 53.6 Å². The molecule has 2 aromatic rings. The van der Waals surface area contributed by atoms with Crippen molar-refractivity contribution in [3.05, 3.63) is 36.3 Å². The molecule has 6 nitrogen and oxygen atoms in total. The quantitative estimate of drug-likeness (QED) is 0.845. The fourth-order valence-electron chi connectivity index (χ4n) is 2.45. The Kier molecular flexibility index (Phi) is 5.82. The molecule has 6 heteroatoms. The van der Waals surface area contributed by atoms with Gasteiger partial charge in [0.2, 0.25) is 11.8 Å². The predicted molar refractivity (Wildman–Crippen MR) is 97.9 cm³/mol. The second kappa shape index (κ2) is 7.68. The van der Waals surface area contributed by atoms with Gasteiger partial charge in [-0.1, -0.05) is 40.7 Å². The molecule has 2 heterocycles. The molecule has 0 radical (unpaired) electrons. The number of hydrogen-bond donors (Lipinski definition) is 2. The Morgan fingerprint density at radius 2 is 1.96 bits per heavy atom. The van der Waals surface area contributed by atoms with Crippen molar-refractivity contribution in [3.8, 4) is 0 Å². The van der Waals surface area contributed by atoms with Gasteiger partial charge in [-0.25, -0.2) is 4.98 Å². The van der Waals surface area contributed by atoms with Crippen LogP contribution in [0.5, 0.6) is 0 Å². The number of fused-ring (bicyclic) bond motifs is 1. The molecular formula is C19H28N4O2. The molecule has 25 heavy (non-hydrogen) atoms. The maximum Gasteiger partial charge on any atom is 0.242 e. The Bertz CT molecular complexity index is 710. The molecule has 0 spiro atoms. The maximum absolute atomic E-state index is 12.6. The van der Waals surface area contributed by atoms with Gasteiger partial charge in [-0.05, 0) is 24.5 Å². The van der Waals surface area contributed by atoms with Crippen LogP contribution in [0, 0.1) is 11.3 Å². The minimum absolute atomic E-state index is 0.124. The van der Waals surface area contributed by atoms with E-state index in [1.807, 2.05) is 69.6 Å². The number of rotatable bonds is 6. The Morgan fingerprint density at radius 1 is 1.24 bits per heavy atom. The van der Waals surface area contributed by atoms with E-state index in [1.54, 1.807) is 0 Å². The Balaban J connectivity index is 2.01. The van der Waals surface area contributed by atoms with Gasteiger partial charge in [-0.2, -0.15) is 0 Å². The Labute approximate surface area is 149 Å². The summed E-state index contributed by atoms with van der Waals surface area (Å²) in [5, 5.41) is 5.77. The van der Waals surface area contributed by atoms with Crippen molar-refractivity contribution in [1.82, 2.24) is 20.0 Å². The average Bonchev–Trinajstić information content (AvgIpc) is 2.93. The van der Waals surface area contributed by atoms with Gasteiger partial charge in [-0.15, -0.1) is 0 Å². The molecular weight excluding hydrogens is 316 g/mol. The van der Waals surface area contributed by atoms with Gasteiger partial charge in [0.1, 0.15) is 11.7 Å². The zero-order chi connectivity index (χ0) is 18.6. The zero-order valence-electron chi connectivity index (χ0n) is 15.7. The summed E-state index contributed by atoms with van der Waals surface area (Å²) in [5.41, 5.74) is 1.09. The first kappa shape index (κ1) is 19.0. The molecule has 0 aliphatic carbocycles. The number of carbonyl (C=O) groups excluding carboxylic acids is 2. The number of pyridine rings is 1. The minimum atomic E-state index is -0.538. The second-order valence-electron chi connectivity index (χ2n) is 7.82. The van der Waals surface area contributed by atoms with Crippen molar-refractivity contribution in [2.24, 2.45) is 11.3 Å². The summed E-state index contributed by atoms with van der Waals surface area (Å²) in [4.78, 5) is 29.3. The average molecular weight is 344 g/mol. The summed E-state index contributed by atoms with van der Waals surface area (Å²) in [6, 6.07) is 5.23. The van der Waals surface area contributed by atoms with E-state index < -0.39 is 11.5 Å². The molecule has 2 rings (SSSR count). The third kappa shape index (κ3) is 5.31. The second-order valence-corrected chi connectivity index (χ2v) is 7.82. The van der Waals surface area contributed by atoms with Crippen LogP contribution in [0.4, 0.5) is 0 Å². The van der Waals surface area contributed by atoms with E-state index in [0.29, 0.717) is 18.9 Å². The van der Waals surface area contributed by atoms with Gasteiger partial charge < -0.3 is 15.0 Å². The first-order valence-corrected chi connectivity index (χ1v) is 8.68. The van der Waals surface area contributed by atoms with Crippen LogP contribution in [-0.2, 0) is 16.1 Å². The van der Waals surface area contributed by atoms with E-state index in [2.05, 4.69) is 15.6 Å². The molecule has 0 fully saturated rings. The van der Waals surface area contributed by atoms with Crippen molar-refractivity contribution >= 4 is 17.5 Å². The molecule has 1 atom stereocenters. The van der Waals surface area contributed by atoms with Crippen LogP contribution >= 0.6 is 0 Å². The predicted octanol–water partition coefficient (Wildman–Crippen LogP) is 2.53. The molecule has 0 bridgehead atoms. The number of aromatic nitrogens is 2. The normalized spacial score (nSPS) is 13.0. The van der Waals surface area contributed by atoms with Crippen LogP contribution in [0.3, 0.4) is 0 Å². The highest BCUT2D eigenvalue weighted by Gasteiger charge is 2.28. The lowest BCUT2D eigenvalue weighted by molar-refractivity contribution is -0.133. The molecule has 136 valence electrons. The number of amides is 2. The summed E-state index contributed by atoms with van der Waals surface area (Å²) in [6.45, 7) is 9.91. The lowest BCUT2D eigenvalue weighted by atomic mass is 9.94. The van der Waals surface area contributed by atoms with Crippen LogP contribution in [-0.4, -0.2) is 27.2 Å². The lowest BCUT2D eigenvalue weighted by Gasteiger charge is -2.24. The molecule has 0 saturated heterocycles. The third-order valence-electron chi connectivity index (χ3n) is 3.87. The molecule has 2 aromatic heterocycles. The van der Waals surface area contributed by atoms with Gasteiger partial charge in [0.25, 0.3) is 0 Å². The number of imidazole rings is 1. The summed E-state index contributed by atoms with van der Waals surface area (Å²) in [5.74, 6) is -0.00408. The molecule has 0 aliphatic heterocycles. The van der Waals surface area contributed by atoms with Crippen LogP contribution in [0.25, 0.3) is 5.65 Å². The number of carbonyl (C=O) groups is 2. The summed E-state index contributed by atoms with van der Waals surface area (Å²) < 4.78 is 1.91. The molecule has 0 aliphatic rings. The maximum atomic E-state index is 12.6. The zero-order valence-corrected chi connectivity index (χ0v) is 15.7. The summed E-state index contributed by atoms with van der Waals surface area (Å²) in [6.07, 6.45) is 4.40. The standard InChI is InChI=1S/C19H28N4O2/c1-13(2)10-15(22-18(25)19(3,4)5)17(24)20-11-14-12-23-9-7-6-8-16(23)21-14/h6-9,12-13,15H,10-11H2,1-5H3,(H,20,24)(H,22,25)/t15-/m0/s1. The van der Waals surface area contributed by atoms with Gasteiger partial charge >= 0.3 is 0 Å². The minimum Gasteiger partial charge on any atom is -0.349 e. The van der Waals surface area contributed by atoms with E-state index >= 15 is 0 Å². The lowest BCUT2D eigenvalue weighted by Crippen LogP contribution is -2.50. The fraction of sp³-hybridized carbons (Fsp3) is 0.526. The van der Waals surface area contributed by atoms with Crippen LogP contribution in [0.1, 0.15) is 46.7 Å². The molecule has 2 N–H and O–H groups in total. The van der Waals surface area contributed by atoms with Crippen molar-refractivity contribution in [3.63, 3.8) is 0 Å². The number of nitrogens with one attached hydrogen (secondary N) is 2. The summed E-state index contributed by atoms with van der Waals surface area (Å²) in [7, 11) is 0.